The van der Waals surface area contributed by atoms with Crippen molar-refractivity contribution in [2.45, 2.75) is 64.9 Å². The number of ether oxygens (including phenoxy) is 1. The summed E-state index contributed by atoms with van der Waals surface area (Å²) in [6, 6.07) is 0. The molecule has 0 spiro atoms. The SMILES string of the molecule is CC(C)(C)OC(=O)N1CC(OS(C)(C)C(C)(C)C)C(C)(CO)C1. The molecular formula is C17H35NO4S. The highest BCUT2D eigenvalue weighted by Gasteiger charge is 2.49. The molecule has 0 bridgehead atoms. The summed E-state index contributed by atoms with van der Waals surface area (Å²) >= 11 is 0. The van der Waals surface area contributed by atoms with Gasteiger partial charge in [0.1, 0.15) is 5.60 Å². The second-order valence-corrected chi connectivity index (χ2v) is 13.0. The number of carbonyl (C=O) groups is 1. The van der Waals surface area contributed by atoms with Gasteiger partial charge in [0.25, 0.3) is 0 Å². The van der Waals surface area contributed by atoms with E-state index in [2.05, 4.69) is 33.3 Å². The first kappa shape index (κ1) is 20.6. The number of carbonyl (C=O) groups excluding carboxylic acids is 1. The lowest BCUT2D eigenvalue weighted by Gasteiger charge is -2.47. The number of rotatable bonds is 3. The maximum absolute atomic E-state index is 12.3. The summed E-state index contributed by atoms with van der Waals surface area (Å²) in [4.78, 5) is 14.0. The Kier molecular flexibility index (Phi) is 5.77. The van der Waals surface area contributed by atoms with Gasteiger partial charge in [0.05, 0.1) is 19.3 Å². The highest BCUT2D eigenvalue weighted by atomic mass is 32.3. The number of nitrogens with zero attached hydrogens (tertiary/aromatic N) is 1. The van der Waals surface area contributed by atoms with E-state index in [1.54, 1.807) is 4.90 Å². The molecule has 0 aliphatic carbocycles. The van der Waals surface area contributed by atoms with Gasteiger partial charge >= 0.3 is 6.09 Å². The molecule has 1 aliphatic rings. The molecule has 2 atom stereocenters. The molecule has 6 heteroatoms. The number of aliphatic hydroxyl groups excluding tert-OH is 1. The smallest absolute Gasteiger partial charge is 0.410 e. The lowest BCUT2D eigenvalue weighted by Crippen LogP contribution is -2.39. The zero-order valence-electron chi connectivity index (χ0n) is 16.2. The first-order chi connectivity index (χ1) is 10.1. The Morgan fingerprint density at radius 1 is 1.26 bits per heavy atom. The zero-order chi connectivity index (χ0) is 18.3. The molecule has 5 nitrogen and oxygen atoms in total. The van der Waals surface area contributed by atoms with E-state index in [4.69, 9.17) is 8.92 Å². The van der Waals surface area contributed by atoms with Crippen molar-refractivity contribution < 1.29 is 18.8 Å². The fourth-order valence-corrected chi connectivity index (χ4v) is 3.38. The van der Waals surface area contributed by atoms with Crippen molar-refractivity contribution in [3.63, 3.8) is 0 Å². The fraction of sp³-hybridized carbons (Fsp3) is 0.941. The Morgan fingerprint density at radius 2 is 1.78 bits per heavy atom. The van der Waals surface area contributed by atoms with E-state index in [9.17, 15) is 9.90 Å². The molecule has 1 fully saturated rings. The summed E-state index contributed by atoms with van der Waals surface area (Å²) in [5.74, 6) is 0. The van der Waals surface area contributed by atoms with Crippen LogP contribution in [-0.4, -0.2) is 64.8 Å². The van der Waals surface area contributed by atoms with Gasteiger partial charge in [-0.25, -0.2) is 4.79 Å². The molecule has 1 amide bonds. The van der Waals surface area contributed by atoms with Gasteiger partial charge < -0.3 is 18.9 Å². The van der Waals surface area contributed by atoms with Crippen LogP contribution in [0.25, 0.3) is 0 Å². The van der Waals surface area contributed by atoms with Crippen LogP contribution < -0.4 is 0 Å². The summed E-state index contributed by atoms with van der Waals surface area (Å²) < 4.78 is 11.9. The number of likely N-dealkylation sites (tertiary alicyclic amines) is 1. The summed E-state index contributed by atoms with van der Waals surface area (Å²) in [6.07, 6.45) is 3.75. The lowest BCUT2D eigenvalue weighted by atomic mass is 9.88. The molecule has 1 heterocycles. The molecule has 0 aromatic rings. The maximum atomic E-state index is 12.3. The van der Waals surface area contributed by atoms with E-state index in [1.807, 2.05) is 27.7 Å². The molecule has 1 N–H and O–H groups in total. The number of aliphatic hydroxyl groups is 1. The lowest BCUT2D eigenvalue weighted by molar-refractivity contribution is 0.0261. The van der Waals surface area contributed by atoms with Crippen molar-refractivity contribution in [1.29, 1.82) is 0 Å². The van der Waals surface area contributed by atoms with Gasteiger partial charge in [0, 0.05) is 16.7 Å². The van der Waals surface area contributed by atoms with Crippen molar-refractivity contribution >= 4 is 16.4 Å². The summed E-state index contributed by atoms with van der Waals surface area (Å²) in [6.45, 7) is 14.9. The Bertz CT molecular complexity index is 439. The van der Waals surface area contributed by atoms with Gasteiger partial charge in [-0.3, -0.25) is 0 Å². The number of hydrogen-bond acceptors (Lipinski definition) is 4. The monoisotopic (exact) mass is 349 g/mol. The van der Waals surface area contributed by atoms with E-state index < -0.39 is 21.3 Å². The third kappa shape index (κ3) is 5.00. The van der Waals surface area contributed by atoms with Gasteiger partial charge in [0.15, 0.2) is 0 Å². The molecular weight excluding hydrogens is 314 g/mol. The second-order valence-electron chi connectivity index (χ2n) is 9.10. The van der Waals surface area contributed by atoms with Gasteiger partial charge in [-0.2, -0.15) is 0 Å². The summed E-state index contributed by atoms with van der Waals surface area (Å²) in [5, 5.41) is 9.88. The first-order valence-electron chi connectivity index (χ1n) is 8.11. The van der Waals surface area contributed by atoms with Crippen LogP contribution in [0.1, 0.15) is 48.5 Å². The maximum Gasteiger partial charge on any atom is 0.410 e. The minimum Gasteiger partial charge on any atom is -0.444 e. The van der Waals surface area contributed by atoms with E-state index in [0.29, 0.717) is 13.1 Å². The molecule has 138 valence electrons. The third-order valence-electron chi connectivity index (χ3n) is 4.56. The minimum atomic E-state index is -1.34. The molecule has 23 heavy (non-hydrogen) atoms. The fourth-order valence-electron chi connectivity index (χ4n) is 2.22. The van der Waals surface area contributed by atoms with Crippen molar-refractivity contribution in [3.8, 4) is 0 Å². The Hall–Kier alpha value is -0.460. The van der Waals surface area contributed by atoms with Crippen LogP contribution in [0, 0.1) is 5.41 Å². The molecule has 0 aromatic carbocycles. The molecule has 0 aromatic heterocycles. The third-order valence-corrected chi connectivity index (χ3v) is 8.22. The van der Waals surface area contributed by atoms with Gasteiger partial charge in [0.2, 0.25) is 0 Å². The quantitative estimate of drug-likeness (QED) is 0.848. The molecule has 1 saturated heterocycles. The van der Waals surface area contributed by atoms with E-state index >= 15 is 0 Å². The molecule has 0 radical (unpaired) electrons. The van der Waals surface area contributed by atoms with Crippen LogP contribution in [0.4, 0.5) is 4.79 Å². The summed E-state index contributed by atoms with van der Waals surface area (Å²) in [5.41, 5.74) is -0.992. The average molecular weight is 350 g/mol. The highest BCUT2D eigenvalue weighted by molar-refractivity contribution is 8.29. The second kappa shape index (κ2) is 6.45. The van der Waals surface area contributed by atoms with E-state index in [1.165, 1.54) is 0 Å². The highest BCUT2D eigenvalue weighted by Crippen LogP contribution is 2.56. The van der Waals surface area contributed by atoms with Crippen molar-refractivity contribution in [1.82, 2.24) is 4.90 Å². The van der Waals surface area contributed by atoms with Crippen LogP contribution in [0.15, 0.2) is 0 Å². The standard InChI is InChI=1S/C17H35NO4S/c1-15(2,3)21-14(20)18-10-13(17(7,11-18)12-19)22-23(8,9)16(4,5)6/h13,19H,10-12H2,1-9H3. The van der Waals surface area contributed by atoms with Crippen molar-refractivity contribution in [2.24, 2.45) is 5.41 Å². The van der Waals surface area contributed by atoms with E-state index in [-0.39, 0.29) is 23.6 Å². The normalized spacial score (nSPS) is 27.2. The molecule has 2 unspecified atom stereocenters. The first-order valence-corrected chi connectivity index (χ1v) is 10.5. The predicted molar refractivity (Wildman–Crippen MR) is 97.1 cm³/mol. The van der Waals surface area contributed by atoms with Crippen molar-refractivity contribution in [3.05, 3.63) is 0 Å². The van der Waals surface area contributed by atoms with Crippen molar-refractivity contribution in [2.75, 3.05) is 32.2 Å². The van der Waals surface area contributed by atoms with Gasteiger partial charge in [-0.05, 0) is 33.3 Å². The molecule has 1 aliphatic heterocycles. The average Bonchev–Trinajstić information content (AvgIpc) is 2.64. The van der Waals surface area contributed by atoms with Crippen LogP contribution in [0.3, 0.4) is 0 Å². The summed E-state index contributed by atoms with van der Waals surface area (Å²) in [7, 11) is -1.34. The topological polar surface area (TPSA) is 59.0 Å². The Morgan fingerprint density at radius 3 is 2.17 bits per heavy atom. The van der Waals surface area contributed by atoms with Crippen LogP contribution in [-0.2, 0) is 8.92 Å². The molecule has 1 rings (SSSR count). The van der Waals surface area contributed by atoms with Crippen LogP contribution in [0.5, 0.6) is 0 Å². The number of amides is 1. The zero-order valence-corrected chi connectivity index (χ0v) is 17.0. The molecule has 0 saturated carbocycles. The largest absolute Gasteiger partial charge is 0.444 e. The number of hydrogen-bond donors (Lipinski definition) is 1. The Balaban J connectivity index is 2.90. The Labute approximate surface area is 143 Å². The van der Waals surface area contributed by atoms with Gasteiger partial charge in [-0.15, -0.1) is 10.3 Å². The van der Waals surface area contributed by atoms with Crippen LogP contribution in [0.2, 0.25) is 0 Å². The van der Waals surface area contributed by atoms with Crippen LogP contribution >= 0.6 is 10.3 Å². The predicted octanol–water partition coefficient (Wildman–Crippen LogP) is 3.40. The van der Waals surface area contributed by atoms with Gasteiger partial charge in [-0.1, -0.05) is 27.7 Å². The van der Waals surface area contributed by atoms with E-state index in [0.717, 1.165) is 0 Å². The minimum absolute atomic E-state index is 0.0172.